The van der Waals surface area contributed by atoms with Crippen molar-refractivity contribution in [2.24, 2.45) is 0 Å². The molecule has 0 aliphatic carbocycles. The van der Waals surface area contributed by atoms with Crippen LogP contribution in [0.25, 0.3) is 0 Å². The van der Waals surface area contributed by atoms with Gasteiger partial charge in [0.15, 0.2) is 27.1 Å². The molecule has 0 aromatic carbocycles. The highest BCUT2D eigenvalue weighted by molar-refractivity contribution is 6.79. The van der Waals surface area contributed by atoms with Crippen molar-refractivity contribution in [1.82, 2.24) is 0 Å². The van der Waals surface area contributed by atoms with Gasteiger partial charge < -0.3 is 12.3 Å². The Balaban J connectivity index is 4.51. The van der Waals surface area contributed by atoms with Crippen LogP contribution in [0.15, 0.2) is 0 Å². The number of hydrogen-bond donors (Lipinski definition) is 0. The van der Waals surface area contributed by atoms with E-state index in [1.807, 2.05) is 0 Å². The topological polar surface area (TPSA) is 27.7 Å². The molecular weight excluding hydrogens is 328 g/mol. The monoisotopic (exact) mass is 363 g/mol. The predicted molar refractivity (Wildman–Crippen MR) is 99.6 cm³/mol. The molecule has 3 nitrogen and oxygen atoms in total. The van der Waals surface area contributed by atoms with Gasteiger partial charge in [0, 0.05) is 6.04 Å². The van der Waals surface area contributed by atoms with E-state index in [0.717, 1.165) is 6.04 Å². The minimum Gasteiger partial charge on any atom is -0.416 e. The lowest BCUT2D eigenvalue weighted by Crippen LogP contribution is -2.53. The quantitative estimate of drug-likeness (QED) is 0.337. The van der Waals surface area contributed by atoms with Crippen molar-refractivity contribution in [2.75, 3.05) is 0 Å². The first-order chi connectivity index (χ1) is 9.81. The van der Waals surface area contributed by atoms with Crippen LogP contribution in [0.4, 0.5) is 0 Å². The molecule has 7 heteroatoms. The van der Waals surface area contributed by atoms with Crippen LogP contribution in [-0.4, -0.2) is 35.9 Å². The van der Waals surface area contributed by atoms with E-state index in [-0.39, 0.29) is 0 Å². The average Bonchev–Trinajstić information content (AvgIpc) is 2.30. The first-order valence-corrected chi connectivity index (χ1v) is 17.4. The zero-order valence-corrected chi connectivity index (χ0v) is 19.2. The summed E-state index contributed by atoms with van der Waals surface area (Å²) in [5.41, 5.74) is 0. The molecule has 0 N–H and O–H groups in total. The second-order valence-corrected chi connectivity index (χ2v) is 16.0. The minimum absolute atomic E-state index is 0.787. The molecule has 0 aliphatic heterocycles. The molecule has 0 bridgehead atoms. The maximum atomic E-state index is 6.33. The van der Waals surface area contributed by atoms with Crippen LogP contribution in [0.1, 0.15) is 45.4 Å². The van der Waals surface area contributed by atoms with Gasteiger partial charge in [-0.05, 0) is 45.7 Å². The Bertz CT molecular complexity index is 224. The van der Waals surface area contributed by atoms with Crippen LogP contribution in [0.5, 0.6) is 0 Å². The lowest BCUT2D eigenvalue weighted by Gasteiger charge is -2.34. The SMILES string of the molecule is CCCCCCCC[Si](O[Si](C)C)(O[Si](C)C)O[Si](C)C. The summed E-state index contributed by atoms with van der Waals surface area (Å²) >= 11 is 0. The van der Waals surface area contributed by atoms with Crippen LogP contribution in [0, 0.1) is 0 Å². The molecule has 0 unspecified atom stereocenters. The Morgan fingerprint density at radius 2 is 1.00 bits per heavy atom. The fourth-order valence-electron chi connectivity index (χ4n) is 2.27. The van der Waals surface area contributed by atoms with E-state index in [9.17, 15) is 0 Å². The predicted octanol–water partition coefficient (Wildman–Crippen LogP) is 5.09. The van der Waals surface area contributed by atoms with E-state index in [1.54, 1.807) is 0 Å². The van der Waals surface area contributed by atoms with Crippen molar-refractivity contribution >= 4 is 35.9 Å². The maximum absolute atomic E-state index is 6.33. The van der Waals surface area contributed by atoms with Crippen LogP contribution in [0.3, 0.4) is 0 Å². The highest BCUT2D eigenvalue weighted by Gasteiger charge is 2.42. The minimum atomic E-state index is -2.42. The van der Waals surface area contributed by atoms with E-state index in [2.05, 4.69) is 46.2 Å². The summed E-state index contributed by atoms with van der Waals surface area (Å²) in [6.07, 6.45) is 7.83. The van der Waals surface area contributed by atoms with Crippen molar-refractivity contribution in [3.63, 3.8) is 0 Å². The first-order valence-electron chi connectivity index (χ1n) is 8.29. The van der Waals surface area contributed by atoms with Gasteiger partial charge >= 0.3 is 8.80 Å². The Morgan fingerprint density at radius 3 is 1.38 bits per heavy atom. The third-order valence-corrected chi connectivity index (χ3v) is 12.5. The van der Waals surface area contributed by atoms with Crippen LogP contribution >= 0.6 is 0 Å². The lowest BCUT2D eigenvalue weighted by molar-refractivity contribution is 0.266. The molecule has 3 radical (unpaired) electrons. The van der Waals surface area contributed by atoms with E-state index < -0.39 is 35.9 Å². The molecule has 0 saturated carbocycles. The number of unbranched alkanes of at least 4 members (excludes halogenated alkanes) is 5. The molecule has 0 saturated heterocycles. The van der Waals surface area contributed by atoms with Crippen LogP contribution in [0.2, 0.25) is 45.3 Å². The Hall–Kier alpha value is 0.748. The van der Waals surface area contributed by atoms with Crippen molar-refractivity contribution in [3.8, 4) is 0 Å². The third-order valence-electron chi connectivity index (χ3n) is 2.92. The van der Waals surface area contributed by atoms with E-state index in [0.29, 0.717) is 0 Å². The smallest absolute Gasteiger partial charge is 0.416 e. The van der Waals surface area contributed by atoms with Crippen molar-refractivity contribution in [3.05, 3.63) is 0 Å². The number of hydrogen-bond acceptors (Lipinski definition) is 3. The summed E-state index contributed by atoms with van der Waals surface area (Å²) in [6, 6.07) is 1.01. The molecule has 0 fully saturated rings. The molecule has 0 aromatic rings. The maximum Gasteiger partial charge on any atom is 0.469 e. The summed E-state index contributed by atoms with van der Waals surface area (Å²) in [4.78, 5) is 0. The highest BCUT2D eigenvalue weighted by atomic mass is 28.5. The average molecular weight is 364 g/mol. The van der Waals surface area contributed by atoms with E-state index >= 15 is 0 Å². The Labute approximate surface area is 139 Å². The normalized spacial score (nSPS) is 12.9. The highest BCUT2D eigenvalue weighted by Crippen LogP contribution is 2.23. The summed E-state index contributed by atoms with van der Waals surface area (Å²) in [5.74, 6) is 0. The summed E-state index contributed by atoms with van der Waals surface area (Å²) in [5, 5.41) is 0. The van der Waals surface area contributed by atoms with Gasteiger partial charge in [-0.15, -0.1) is 0 Å². The lowest BCUT2D eigenvalue weighted by atomic mass is 10.1. The molecule has 0 amide bonds. The summed E-state index contributed by atoms with van der Waals surface area (Å²) in [6.45, 7) is 15.4. The molecule has 0 spiro atoms. The van der Waals surface area contributed by atoms with Crippen LogP contribution in [-0.2, 0) is 12.3 Å². The van der Waals surface area contributed by atoms with Crippen molar-refractivity contribution < 1.29 is 12.3 Å². The Kier molecular flexibility index (Phi) is 12.6. The third kappa shape index (κ3) is 11.9. The zero-order chi connectivity index (χ0) is 16.3. The largest absolute Gasteiger partial charge is 0.469 e. The molecular formula is C14H35O3Si4. The Morgan fingerprint density at radius 1 is 0.619 bits per heavy atom. The van der Waals surface area contributed by atoms with Gasteiger partial charge in [0.05, 0.1) is 0 Å². The fraction of sp³-hybridized carbons (Fsp3) is 1.00. The standard InChI is InChI=1S/C14H35O3Si4/c1-8-9-10-11-12-13-14-21(15-18(2)3,16-19(4)5)17-20(6)7/h8-14H2,1-7H3. The van der Waals surface area contributed by atoms with Crippen LogP contribution < -0.4 is 0 Å². The van der Waals surface area contributed by atoms with Gasteiger partial charge in [0.25, 0.3) is 0 Å². The molecule has 21 heavy (non-hydrogen) atoms. The van der Waals surface area contributed by atoms with E-state index in [1.165, 1.54) is 38.5 Å². The second-order valence-electron chi connectivity index (χ2n) is 6.23. The molecule has 125 valence electrons. The fourth-order valence-corrected chi connectivity index (χ4v) is 13.3. The molecule has 0 aliphatic rings. The van der Waals surface area contributed by atoms with Gasteiger partial charge in [-0.25, -0.2) is 0 Å². The summed E-state index contributed by atoms with van der Waals surface area (Å²) in [7, 11) is -4.78. The molecule has 0 heterocycles. The zero-order valence-electron chi connectivity index (χ0n) is 15.2. The molecule has 0 aromatic heterocycles. The van der Waals surface area contributed by atoms with Gasteiger partial charge in [-0.3, -0.25) is 0 Å². The van der Waals surface area contributed by atoms with Gasteiger partial charge in [0.1, 0.15) is 0 Å². The first kappa shape index (κ1) is 21.7. The molecule has 0 rings (SSSR count). The number of rotatable bonds is 13. The van der Waals surface area contributed by atoms with Gasteiger partial charge in [-0.1, -0.05) is 39.0 Å². The second kappa shape index (κ2) is 12.2. The van der Waals surface area contributed by atoms with Gasteiger partial charge in [-0.2, -0.15) is 0 Å². The van der Waals surface area contributed by atoms with E-state index in [4.69, 9.17) is 12.3 Å². The summed E-state index contributed by atoms with van der Waals surface area (Å²) < 4.78 is 19.0. The van der Waals surface area contributed by atoms with Crippen molar-refractivity contribution in [1.29, 1.82) is 0 Å². The molecule has 0 atom stereocenters. The van der Waals surface area contributed by atoms with Gasteiger partial charge in [0.2, 0.25) is 0 Å². The van der Waals surface area contributed by atoms with Crippen molar-refractivity contribution in [2.45, 2.75) is 90.8 Å².